The van der Waals surface area contributed by atoms with E-state index < -0.39 is 5.92 Å². The first-order valence-electron chi connectivity index (χ1n) is 6.18. The molecule has 1 amide bonds. The summed E-state index contributed by atoms with van der Waals surface area (Å²) in [5, 5.41) is 2.54. The Hall–Kier alpha value is -1.84. The molecule has 1 unspecified atom stereocenters. The van der Waals surface area contributed by atoms with E-state index in [1.165, 1.54) is 0 Å². The van der Waals surface area contributed by atoms with Gasteiger partial charge in [0.15, 0.2) is 0 Å². The zero-order chi connectivity index (χ0) is 13.2. The highest BCUT2D eigenvalue weighted by atomic mass is 16.5. The van der Waals surface area contributed by atoms with E-state index in [1.807, 2.05) is 37.3 Å². The molecule has 1 rings (SSSR count). The summed E-state index contributed by atoms with van der Waals surface area (Å²) in [5.41, 5.74) is 0.855. The van der Waals surface area contributed by atoms with Crippen LogP contribution in [0.25, 0.3) is 0 Å². The minimum absolute atomic E-state index is 0.262. The molecule has 98 valence electrons. The van der Waals surface area contributed by atoms with E-state index in [1.54, 1.807) is 0 Å². The fraction of sp³-hybridized carbons (Fsp3) is 0.429. The number of benzene rings is 1. The van der Waals surface area contributed by atoms with Gasteiger partial charge >= 0.3 is 5.97 Å². The Balaban J connectivity index is 2.65. The van der Waals surface area contributed by atoms with Crippen LogP contribution in [-0.4, -0.2) is 25.5 Å². The van der Waals surface area contributed by atoms with Crippen molar-refractivity contribution in [2.45, 2.75) is 25.7 Å². The van der Waals surface area contributed by atoms with Crippen molar-refractivity contribution in [1.29, 1.82) is 0 Å². The van der Waals surface area contributed by atoms with Gasteiger partial charge in [0.05, 0.1) is 12.5 Å². The monoisotopic (exact) mass is 249 g/mol. The third-order valence-electron chi connectivity index (χ3n) is 2.63. The van der Waals surface area contributed by atoms with Gasteiger partial charge in [-0.1, -0.05) is 43.7 Å². The second kappa shape index (κ2) is 8.28. The number of esters is 1. The SMILES string of the molecule is CCCCOC(=O)C(CNC=O)c1ccccc1. The first-order valence-corrected chi connectivity index (χ1v) is 6.18. The number of nitrogens with one attached hydrogen (secondary N) is 1. The van der Waals surface area contributed by atoms with Crippen LogP contribution in [0.4, 0.5) is 0 Å². The van der Waals surface area contributed by atoms with E-state index in [0.29, 0.717) is 13.0 Å². The second-order valence-corrected chi connectivity index (χ2v) is 4.01. The van der Waals surface area contributed by atoms with Crippen molar-refractivity contribution in [1.82, 2.24) is 5.32 Å². The molecule has 4 heteroatoms. The summed E-state index contributed by atoms with van der Waals surface area (Å²) in [5.74, 6) is -0.725. The van der Waals surface area contributed by atoms with Crippen LogP contribution < -0.4 is 5.32 Å². The molecule has 0 spiro atoms. The highest BCUT2D eigenvalue weighted by Crippen LogP contribution is 2.16. The smallest absolute Gasteiger partial charge is 0.315 e. The first kappa shape index (κ1) is 14.2. The minimum atomic E-state index is -0.437. The summed E-state index contributed by atoms with van der Waals surface area (Å²) in [6.07, 6.45) is 2.43. The van der Waals surface area contributed by atoms with Crippen molar-refractivity contribution < 1.29 is 14.3 Å². The van der Waals surface area contributed by atoms with Crippen molar-refractivity contribution >= 4 is 12.4 Å². The van der Waals surface area contributed by atoms with Gasteiger partial charge in [-0.05, 0) is 12.0 Å². The highest BCUT2D eigenvalue weighted by molar-refractivity contribution is 5.78. The third-order valence-corrected chi connectivity index (χ3v) is 2.63. The summed E-state index contributed by atoms with van der Waals surface area (Å²) in [6, 6.07) is 9.33. The maximum absolute atomic E-state index is 11.9. The quantitative estimate of drug-likeness (QED) is 0.434. The first-order chi connectivity index (χ1) is 8.79. The van der Waals surface area contributed by atoms with Gasteiger partial charge in [-0.15, -0.1) is 0 Å². The van der Waals surface area contributed by atoms with E-state index in [2.05, 4.69) is 5.32 Å². The fourth-order valence-corrected chi connectivity index (χ4v) is 1.61. The summed E-state index contributed by atoms with van der Waals surface area (Å²) < 4.78 is 5.20. The maximum Gasteiger partial charge on any atom is 0.315 e. The number of unbranched alkanes of at least 4 members (excludes halogenated alkanes) is 1. The van der Waals surface area contributed by atoms with Crippen LogP contribution in [0.15, 0.2) is 30.3 Å². The molecule has 0 heterocycles. The molecule has 0 radical (unpaired) electrons. The van der Waals surface area contributed by atoms with Crippen molar-refractivity contribution in [3.05, 3.63) is 35.9 Å². The number of amides is 1. The maximum atomic E-state index is 11.9. The lowest BCUT2D eigenvalue weighted by atomic mass is 9.99. The summed E-state index contributed by atoms with van der Waals surface area (Å²) in [7, 11) is 0. The molecule has 0 fully saturated rings. The number of rotatable bonds is 8. The molecule has 0 saturated heterocycles. The Bertz CT molecular complexity index is 365. The zero-order valence-corrected chi connectivity index (χ0v) is 10.6. The van der Waals surface area contributed by atoms with Crippen LogP contribution in [0.5, 0.6) is 0 Å². The fourth-order valence-electron chi connectivity index (χ4n) is 1.61. The van der Waals surface area contributed by atoms with Crippen LogP contribution in [0.3, 0.4) is 0 Å². The summed E-state index contributed by atoms with van der Waals surface area (Å²) in [6.45, 7) is 2.73. The number of carbonyl (C=O) groups is 2. The van der Waals surface area contributed by atoms with Gasteiger partial charge in [0.2, 0.25) is 6.41 Å². The number of hydrogen-bond acceptors (Lipinski definition) is 3. The van der Waals surface area contributed by atoms with Crippen molar-refractivity contribution in [2.24, 2.45) is 0 Å². The lowest BCUT2D eigenvalue weighted by Gasteiger charge is -2.15. The van der Waals surface area contributed by atoms with Crippen LogP contribution in [0.1, 0.15) is 31.2 Å². The molecule has 1 N–H and O–H groups in total. The lowest BCUT2D eigenvalue weighted by Crippen LogP contribution is -2.27. The van der Waals surface area contributed by atoms with Crippen LogP contribution in [0, 0.1) is 0 Å². The third kappa shape index (κ3) is 4.57. The Labute approximate surface area is 107 Å². The average Bonchev–Trinajstić information content (AvgIpc) is 2.41. The van der Waals surface area contributed by atoms with Crippen molar-refractivity contribution in [3.63, 3.8) is 0 Å². The number of carbonyl (C=O) groups excluding carboxylic acids is 2. The Morgan fingerprint density at radius 2 is 2.11 bits per heavy atom. The topological polar surface area (TPSA) is 55.4 Å². The molecule has 0 saturated carbocycles. The molecule has 0 aliphatic rings. The van der Waals surface area contributed by atoms with E-state index in [0.717, 1.165) is 18.4 Å². The second-order valence-electron chi connectivity index (χ2n) is 4.01. The van der Waals surface area contributed by atoms with Crippen molar-refractivity contribution in [3.8, 4) is 0 Å². The molecule has 4 nitrogen and oxygen atoms in total. The molecule has 0 aliphatic heterocycles. The zero-order valence-electron chi connectivity index (χ0n) is 10.6. The van der Waals surface area contributed by atoms with E-state index >= 15 is 0 Å². The molecule has 18 heavy (non-hydrogen) atoms. The van der Waals surface area contributed by atoms with E-state index in [9.17, 15) is 9.59 Å². The summed E-state index contributed by atoms with van der Waals surface area (Å²) >= 11 is 0. The lowest BCUT2D eigenvalue weighted by molar-refractivity contribution is -0.145. The van der Waals surface area contributed by atoms with Gasteiger partial charge in [0.25, 0.3) is 0 Å². The predicted octanol–water partition coefficient (Wildman–Crippen LogP) is 1.86. The minimum Gasteiger partial charge on any atom is -0.465 e. The Kier molecular flexibility index (Phi) is 6.54. The molecule has 1 aromatic carbocycles. The molecular weight excluding hydrogens is 230 g/mol. The average molecular weight is 249 g/mol. The largest absolute Gasteiger partial charge is 0.465 e. The Morgan fingerprint density at radius 1 is 1.39 bits per heavy atom. The van der Waals surface area contributed by atoms with Crippen LogP contribution in [-0.2, 0) is 14.3 Å². The van der Waals surface area contributed by atoms with Gasteiger partial charge in [0, 0.05) is 6.54 Å². The normalized spacial score (nSPS) is 11.6. The molecule has 0 aromatic heterocycles. The number of hydrogen-bond donors (Lipinski definition) is 1. The molecule has 1 atom stereocenters. The molecule has 0 bridgehead atoms. The van der Waals surface area contributed by atoms with Crippen LogP contribution >= 0.6 is 0 Å². The van der Waals surface area contributed by atoms with Gasteiger partial charge in [-0.3, -0.25) is 9.59 Å². The summed E-state index contributed by atoms with van der Waals surface area (Å²) in [4.78, 5) is 22.3. The number of ether oxygens (including phenoxy) is 1. The van der Waals surface area contributed by atoms with Crippen LogP contribution in [0.2, 0.25) is 0 Å². The van der Waals surface area contributed by atoms with E-state index in [4.69, 9.17) is 4.74 Å². The van der Waals surface area contributed by atoms with Gasteiger partial charge in [0.1, 0.15) is 0 Å². The Morgan fingerprint density at radius 3 is 2.72 bits per heavy atom. The van der Waals surface area contributed by atoms with Gasteiger partial charge in [-0.2, -0.15) is 0 Å². The molecule has 1 aromatic rings. The van der Waals surface area contributed by atoms with E-state index in [-0.39, 0.29) is 12.5 Å². The standard InChI is InChI=1S/C14H19NO3/c1-2-3-9-18-14(17)13(10-15-11-16)12-7-5-4-6-8-12/h4-8,11,13H,2-3,9-10H2,1H3,(H,15,16). The van der Waals surface area contributed by atoms with Crippen molar-refractivity contribution in [2.75, 3.05) is 13.2 Å². The van der Waals surface area contributed by atoms with Gasteiger partial charge in [-0.25, -0.2) is 0 Å². The molecular formula is C14H19NO3. The van der Waals surface area contributed by atoms with Gasteiger partial charge < -0.3 is 10.1 Å². The molecule has 0 aliphatic carbocycles. The predicted molar refractivity (Wildman–Crippen MR) is 69.1 cm³/mol. The highest BCUT2D eigenvalue weighted by Gasteiger charge is 2.21.